The number of ketones is 1. The molecule has 5 unspecified atom stereocenters. The van der Waals surface area contributed by atoms with Crippen molar-refractivity contribution in [1.82, 2.24) is 0 Å². The van der Waals surface area contributed by atoms with Crippen molar-refractivity contribution in [3.63, 3.8) is 0 Å². The van der Waals surface area contributed by atoms with Crippen molar-refractivity contribution < 1.29 is 14.3 Å². The summed E-state index contributed by atoms with van der Waals surface area (Å²) in [6, 6.07) is 0. The van der Waals surface area contributed by atoms with Crippen LogP contribution >= 0.6 is 0 Å². The van der Waals surface area contributed by atoms with Crippen molar-refractivity contribution in [3.05, 3.63) is 11.6 Å². The zero-order chi connectivity index (χ0) is 21.8. The number of hydrogen-bond acceptors (Lipinski definition) is 3. The van der Waals surface area contributed by atoms with Crippen molar-refractivity contribution in [2.75, 3.05) is 0 Å². The molecule has 0 N–H and O–H groups in total. The maximum absolute atomic E-state index is 12.6. The molecular formula is C28H44O3. The Morgan fingerprint density at radius 2 is 1.74 bits per heavy atom. The summed E-state index contributed by atoms with van der Waals surface area (Å²) in [4.78, 5) is 24.5. The maximum atomic E-state index is 12.6. The molecule has 0 saturated heterocycles. The van der Waals surface area contributed by atoms with Crippen LogP contribution in [0.4, 0.5) is 0 Å². The summed E-state index contributed by atoms with van der Waals surface area (Å²) in [5.74, 6) is 3.26. The summed E-state index contributed by atoms with van der Waals surface area (Å²) in [7, 11) is 0. The van der Waals surface area contributed by atoms with E-state index in [1.54, 1.807) is 0 Å². The molecule has 4 rings (SSSR count). The number of carbonyl (C=O) groups is 2. The van der Waals surface area contributed by atoms with E-state index in [0.717, 1.165) is 50.4 Å². The minimum atomic E-state index is 0.0437. The molecule has 0 spiro atoms. The van der Waals surface area contributed by atoms with Crippen LogP contribution in [-0.4, -0.2) is 17.9 Å². The highest BCUT2D eigenvalue weighted by atomic mass is 16.5. The standard InChI is InChI=1S/C28H44O3/c1-3-4-5-6-7-8-9-10-27(30)31-26-16-15-25-24-13-11-20-19-21(29)12-14-22(20)23(24)17-18-28(25,26)2/h19,22-26H,3-18H2,1-2H3/t22?,23?,24?,25?,26?,28-/m0/s1. The van der Waals surface area contributed by atoms with Crippen molar-refractivity contribution >= 4 is 11.8 Å². The Kier molecular flexibility index (Phi) is 7.60. The van der Waals surface area contributed by atoms with Gasteiger partial charge in [-0.3, -0.25) is 9.59 Å². The monoisotopic (exact) mass is 428 g/mol. The zero-order valence-corrected chi connectivity index (χ0v) is 20.0. The van der Waals surface area contributed by atoms with Gasteiger partial charge in [0.05, 0.1) is 0 Å². The van der Waals surface area contributed by atoms with Gasteiger partial charge in [-0.2, -0.15) is 0 Å². The molecule has 3 saturated carbocycles. The number of rotatable bonds is 9. The maximum Gasteiger partial charge on any atom is 0.306 e. The SMILES string of the molecule is CCCCCCCCCC(=O)OC1CCC2C3CCC4=CC(=O)CCC4C3CC[C@]12C. The molecule has 0 bridgehead atoms. The number of carbonyl (C=O) groups excluding carboxylic acids is 2. The zero-order valence-electron chi connectivity index (χ0n) is 20.0. The minimum Gasteiger partial charge on any atom is -0.462 e. The Balaban J connectivity index is 1.27. The second-order valence-corrected chi connectivity index (χ2v) is 11.3. The number of fused-ring (bicyclic) bond motifs is 5. The second-order valence-electron chi connectivity index (χ2n) is 11.3. The molecule has 3 nitrogen and oxygen atoms in total. The van der Waals surface area contributed by atoms with Gasteiger partial charge >= 0.3 is 5.97 Å². The van der Waals surface area contributed by atoms with Crippen LogP contribution in [0.25, 0.3) is 0 Å². The van der Waals surface area contributed by atoms with E-state index in [2.05, 4.69) is 13.8 Å². The third-order valence-electron chi connectivity index (χ3n) is 9.47. The first-order chi connectivity index (χ1) is 15.0. The van der Waals surface area contributed by atoms with Gasteiger partial charge in [0, 0.05) is 18.3 Å². The van der Waals surface area contributed by atoms with Crippen LogP contribution in [0.3, 0.4) is 0 Å². The van der Waals surface area contributed by atoms with Gasteiger partial charge in [-0.25, -0.2) is 0 Å². The van der Waals surface area contributed by atoms with E-state index < -0.39 is 0 Å². The Hall–Kier alpha value is -1.12. The minimum absolute atomic E-state index is 0.0437. The van der Waals surface area contributed by atoms with Crippen molar-refractivity contribution in [1.29, 1.82) is 0 Å². The van der Waals surface area contributed by atoms with Crippen LogP contribution in [0.2, 0.25) is 0 Å². The topological polar surface area (TPSA) is 43.4 Å². The highest BCUT2D eigenvalue weighted by Crippen LogP contribution is 2.62. The lowest BCUT2D eigenvalue weighted by molar-refractivity contribution is -0.159. The lowest BCUT2D eigenvalue weighted by atomic mass is 9.52. The molecule has 3 fully saturated rings. The van der Waals surface area contributed by atoms with Gasteiger partial charge < -0.3 is 4.74 Å². The third kappa shape index (κ3) is 4.96. The molecule has 0 amide bonds. The van der Waals surface area contributed by atoms with E-state index in [9.17, 15) is 9.59 Å². The van der Waals surface area contributed by atoms with Gasteiger partial charge in [-0.15, -0.1) is 0 Å². The van der Waals surface area contributed by atoms with Gasteiger partial charge in [0.15, 0.2) is 5.78 Å². The van der Waals surface area contributed by atoms with Crippen LogP contribution in [0, 0.1) is 29.1 Å². The largest absolute Gasteiger partial charge is 0.462 e. The van der Waals surface area contributed by atoms with Crippen LogP contribution in [0.5, 0.6) is 0 Å². The smallest absolute Gasteiger partial charge is 0.306 e. The average Bonchev–Trinajstić information content (AvgIpc) is 3.09. The Morgan fingerprint density at radius 1 is 0.968 bits per heavy atom. The van der Waals surface area contributed by atoms with Crippen molar-refractivity contribution in [2.45, 2.75) is 123 Å². The summed E-state index contributed by atoms with van der Waals surface area (Å²) >= 11 is 0. The van der Waals surface area contributed by atoms with Gasteiger partial charge in [0.2, 0.25) is 0 Å². The number of ether oxygens (including phenoxy) is 1. The van der Waals surface area contributed by atoms with E-state index >= 15 is 0 Å². The molecule has 4 aliphatic rings. The number of unbranched alkanes of at least 4 members (excludes halogenated alkanes) is 6. The molecule has 31 heavy (non-hydrogen) atoms. The van der Waals surface area contributed by atoms with Crippen molar-refractivity contribution in [3.8, 4) is 0 Å². The van der Waals surface area contributed by atoms with E-state index in [4.69, 9.17) is 4.74 Å². The fourth-order valence-electron chi connectivity index (χ4n) is 7.77. The third-order valence-corrected chi connectivity index (χ3v) is 9.47. The van der Waals surface area contributed by atoms with E-state index in [1.807, 2.05) is 6.08 Å². The van der Waals surface area contributed by atoms with E-state index in [-0.39, 0.29) is 17.5 Å². The second kappa shape index (κ2) is 10.2. The van der Waals surface area contributed by atoms with Gasteiger partial charge in [-0.05, 0) is 81.1 Å². The quantitative estimate of drug-likeness (QED) is 0.288. The molecule has 6 atom stereocenters. The van der Waals surface area contributed by atoms with E-state index in [1.165, 1.54) is 63.4 Å². The predicted octanol–water partition coefficient (Wildman–Crippen LogP) is 7.18. The molecule has 0 radical (unpaired) electrons. The molecule has 4 aliphatic carbocycles. The summed E-state index contributed by atoms with van der Waals surface area (Å²) in [5.41, 5.74) is 1.62. The number of allylic oxidation sites excluding steroid dienone is 1. The van der Waals surface area contributed by atoms with Crippen LogP contribution in [-0.2, 0) is 14.3 Å². The fraction of sp³-hybridized carbons (Fsp3) is 0.857. The Bertz CT molecular complexity index is 680. The van der Waals surface area contributed by atoms with Gasteiger partial charge in [0.1, 0.15) is 6.10 Å². The van der Waals surface area contributed by atoms with Crippen molar-refractivity contribution in [2.24, 2.45) is 29.1 Å². The lowest BCUT2D eigenvalue weighted by Gasteiger charge is -2.53. The van der Waals surface area contributed by atoms with Gasteiger partial charge in [-0.1, -0.05) is 57.9 Å². The van der Waals surface area contributed by atoms with E-state index in [0.29, 0.717) is 24.0 Å². The first kappa shape index (κ1) is 23.1. The highest BCUT2D eigenvalue weighted by Gasteiger charge is 2.57. The van der Waals surface area contributed by atoms with Crippen LogP contribution < -0.4 is 0 Å². The molecule has 3 heteroatoms. The highest BCUT2D eigenvalue weighted by molar-refractivity contribution is 5.91. The summed E-state index contributed by atoms with van der Waals surface area (Å²) in [6.45, 7) is 4.67. The summed E-state index contributed by atoms with van der Waals surface area (Å²) < 4.78 is 6.13. The summed E-state index contributed by atoms with van der Waals surface area (Å²) in [6.07, 6.45) is 20.3. The van der Waals surface area contributed by atoms with Gasteiger partial charge in [0.25, 0.3) is 0 Å². The lowest BCUT2D eigenvalue weighted by Crippen LogP contribution is -2.48. The first-order valence-corrected chi connectivity index (χ1v) is 13.5. The predicted molar refractivity (Wildman–Crippen MR) is 125 cm³/mol. The average molecular weight is 429 g/mol. The molecule has 0 aliphatic heterocycles. The molecule has 0 aromatic heterocycles. The normalized spacial score (nSPS) is 36.9. The molecule has 174 valence electrons. The molecular weight excluding hydrogens is 384 g/mol. The van der Waals surface area contributed by atoms with Crippen LogP contribution in [0.15, 0.2) is 11.6 Å². The number of hydrogen-bond donors (Lipinski definition) is 0. The Morgan fingerprint density at radius 3 is 2.55 bits per heavy atom. The number of esters is 1. The first-order valence-electron chi connectivity index (χ1n) is 13.5. The molecule has 0 aromatic carbocycles. The molecule has 0 aromatic rings. The molecule has 0 heterocycles. The Labute approximate surface area is 189 Å². The van der Waals surface area contributed by atoms with Crippen LogP contribution in [0.1, 0.15) is 117 Å². The fourth-order valence-corrected chi connectivity index (χ4v) is 7.77. The summed E-state index contributed by atoms with van der Waals surface area (Å²) in [5, 5.41) is 0.